The molecule has 2 aromatic rings. The molecule has 35 heavy (non-hydrogen) atoms. The number of allylic oxidation sites excluding steroid dienone is 1. The van der Waals surface area contributed by atoms with Crippen molar-refractivity contribution >= 4 is 23.2 Å². The SMILES string of the molecule is O=C(/C=C/c1ccc(CN(CCCC(=O)C2CCCC2)CCC2=CCc3ccccc32)cc1)CO. The Labute approximate surface area is 209 Å². The van der Waals surface area contributed by atoms with Gasteiger partial charge in [0.1, 0.15) is 12.4 Å². The number of hydrogen-bond donors (Lipinski definition) is 1. The summed E-state index contributed by atoms with van der Waals surface area (Å²) in [6.07, 6.45) is 13.7. The maximum Gasteiger partial charge on any atom is 0.181 e. The van der Waals surface area contributed by atoms with Gasteiger partial charge in [-0.25, -0.2) is 0 Å². The van der Waals surface area contributed by atoms with Crippen LogP contribution in [0.5, 0.6) is 0 Å². The van der Waals surface area contributed by atoms with Crippen LogP contribution in [0.4, 0.5) is 0 Å². The molecule has 0 atom stereocenters. The number of fused-ring (bicyclic) bond motifs is 1. The Kier molecular flexibility index (Phi) is 9.21. The van der Waals surface area contributed by atoms with E-state index in [4.69, 9.17) is 5.11 Å². The second-order valence-electron chi connectivity index (χ2n) is 9.87. The third kappa shape index (κ3) is 7.33. The number of aliphatic hydroxyl groups is 1. The van der Waals surface area contributed by atoms with Gasteiger partial charge in [0.25, 0.3) is 0 Å². The van der Waals surface area contributed by atoms with Gasteiger partial charge in [0.15, 0.2) is 5.78 Å². The van der Waals surface area contributed by atoms with Crippen molar-refractivity contribution in [2.45, 2.75) is 57.9 Å². The first-order chi connectivity index (χ1) is 17.1. The largest absolute Gasteiger partial charge is 0.388 e. The van der Waals surface area contributed by atoms with Crippen LogP contribution >= 0.6 is 0 Å². The highest BCUT2D eigenvalue weighted by molar-refractivity contribution is 5.94. The van der Waals surface area contributed by atoms with E-state index in [1.54, 1.807) is 6.08 Å². The molecule has 0 heterocycles. The summed E-state index contributed by atoms with van der Waals surface area (Å²) in [5.41, 5.74) is 6.40. The summed E-state index contributed by atoms with van der Waals surface area (Å²) >= 11 is 0. The van der Waals surface area contributed by atoms with Crippen LogP contribution in [0.15, 0.2) is 60.7 Å². The minimum atomic E-state index is -0.465. The number of ketones is 2. The molecule has 4 rings (SSSR count). The summed E-state index contributed by atoms with van der Waals surface area (Å²) in [6, 6.07) is 16.9. The van der Waals surface area contributed by atoms with Crippen molar-refractivity contribution in [1.82, 2.24) is 4.90 Å². The van der Waals surface area contributed by atoms with E-state index in [1.807, 2.05) is 12.1 Å². The number of Topliss-reactive ketones (excluding diaryl/α,β-unsaturated/α-hetero) is 1. The lowest BCUT2D eigenvalue weighted by Crippen LogP contribution is -2.26. The molecule has 0 aromatic heterocycles. The number of hydrogen-bond acceptors (Lipinski definition) is 4. The molecule has 4 nitrogen and oxygen atoms in total. The van der Waals surface area contributed by atoms with E-state index in [9.17, 15) is 9.59 Å². The predicted octanol–water partition coefficient (Wildman–Crippen LogP) is 5.63. The monoisotopic (exact) mass is 471 g/mol. The quantitative estimate of drug-likeness (QED) is 0.385. The van der Waals surface area contributed by atoms with Crippen molar-refractivity contribution in [3.05, 3.63) is 82.9 Å². The van der Waals surface area contributed by atoms with E-state index >= 15 is 0 Å². The molecular weight excluding hydrogens is 434 g/mol. The molecule has 2 aromatic carbocycles. The Balaban J connectivity index is 1.36. The van der Waals surface area contributed by atoms with Crippen molar-refractivity contribution < 1.29 is 14.7 Å². The average molecular weight is 472 g/mol. The number of aliphatic hydroxyl groups excluding tert-OH is 1. The fourth-order valence-electron chi connectivity index (χ4n) is 5.30. The molecule has 0 spiro atoms. The zero-order valence-electron chi connectivity index (χ0n) is 20.6. The molecule has 1 fully saturated rings. The lowest BCUT2D eigenvalue weighted by Gasteiger charge is -2.23. The topological polar surface area (TPSA) is 57.6 Å². The number of rotatable bonds is 13. The zero-order valence-corrected chi connectivity index (χ0v) is 20.6. The maximum atomic E-state index is 12.6. The first-order valence-electron chi connectivity index (χ1n) is 13.1. The lowest BCUT2D eigenvalue weighted by molar-refractivity contribution is -0.122. The Bertz CT molecular complexity index is 1060. The molecule has 0 unspecified atom stereocenters. The summed E-state index contributed by atoms with van der Waals surface area (Å²) in [5.74, 6) is 0.473. The Morgan fingerprint density at radius 2 is 1.77 bits per heavy atom. The van der Waals surface area contributed by atoms with Crippen molar-refractivity contribution in [2.75, 3.05) is 19.7 Å². The molecule has 0 radical (unpaired) electrons. The van der Waals surface area contributed by atoms with Crippen LogP contribution in [0.1, 0.15) is 67.2 Å². The predicted molar refractivity (Wildman–Crippen MR) is 142 cm³/mol. The van der Waals surface area contributed by atoms with E-state index < -0.39 is 6.61 Å². The van der Waals surface area contributed by atoms with Gasteiger partial charge in [0, 0.05) is 25.4 Å². The van der Waals surface area contributed by atoms with Crippen LogP contribution in [0, 0.1) is 5.92 Å². The molecule has 2 aliphatic carbocycles. The third-order valence-corrected chi connectivity index (χ3v) is 7.34. The lowest BCUT2D eigenvalue weighted by atomic mass is 9.98. The van der Waals surface area contributed by atoms with E-state index in [-0.39, 0.29) is 5.78 Å². The van der Waals surface area contributed by atoms with E-state index in [1.165, 1.54) is 41.2 Å². The van der Waals surface area contributed by atoms with Crippen molar-refractivity contribution in [3.63, 3.8) is 0 Å². The summed E-state index contributed by atoms with van der Waals surface area (Å²) in [7, 11) is 0. The van der Waals surface area contributed by atoms with Gasteiger partial charge in [0.05, 0.1) is 0 Å². The van der Waals surface area contributed by atoms with E-state index in [2.05, 4.69) is 47.4 Å². The van der Waals surface area contributed by atoms with Crippen LogP contribution in [0.2, 0.25) is 0 Å². The Morgan fingerprint density at radius 1 is 1.00 bits per heavy atom. The Morgan fingerprint density at radius 3 is 2.54 bits per heavy atom. The highest BCUT2D eigenvalue weighted by Crippen LogP contribution is 2.30. The minimum absolute atomic E-state index is 0.296. The number of carbonyl (C=O) groups is 2. The van der Waals surface area contributed by atoms with Crippen LogP contribution in [-0.2, 0) is 22.6 Å². The van der Waals surface area contributed by atoms with Gasteiger partial charge in [-0.15, -0.1) is 0 Å². The molecule has 184 valence electrons. The van der Waals surface area contributed by atoms with Gasteiger partial charge in [0.2, 0.25) is 0 Å². The normalized spacial score (nSPS) is 15.7. The molecule has 0 amide bonds. The molecule has 4 heteroatoms. The zero-order chi connectivity index (χ0) is 24.5. The van der Waals surface area contributed by atoms with Crippen LogP contribution in [0.3, 0.4) is 0 Å². The average Bonchev–Trinajstić information content (AvgIpc) is 3.57. The van der Waals surface area contributed by atoms with Crippen LogP contribution in [-0.4, -0.2) is 41.3 Å². The van der Waals surface area contributed by atoms with Gasteiger partial charge < -0.3 is 5.11 Å². The smallest absolute Gasteiger partial charge is 0.181 e. The number of nitrogens with zero attached hydrogens (tertiary/aromatic N) is 1. The second kappa shape index (κ2) is 12.8. The second-order valence-corrected chi connectivity index (χ2v) is 9.87. The van der Waals surface area contributed by atoms with Gasteiger partial charge in [-0.05, 0) is 72.6 Å². The molecule has 0 bridgehead atoms. The van der Waals surface area contributed by atoms with Gasteiger partial charge in [-0.3, -0.25) is 14.5 Å². The van der Waals surface area contributed by atoms with Gasteiger partial charge in [-0.2, -0.15) is 0 Å². The van der Waals surface area contributed by atoms with E-state index in [0.717, 1.165) is 57.3 Å². The standard InChI is InChI=1S/C31H37NO3/c33-23-29(34)18-15-24-11-13-25(14-12-24)22-32(20-5-10-31(35)28-7-1-2-8-28)21-19-27-17-16-26-6-3-4-9-30(26)27/h3-4,6,9,11-15,17-18,28,33H,1-2,5,7-8,10,16,19-23H2/b18-15+. The van der Waals surface area contributed by atoms with Gasteiger partial charge in [-0.1, -0.05) is 73.5 Å². The molecule has 1 N–H and O–H groups in total. The molecule has 2 aliphatic rings. The minimum Gasteiger partial charge on any atom is -0.388 e. The fraction of sp³-hybridized carbons (Fsp3) is 0.419. The molecular formula is C31H37NO3. The molecule has 0 aliphatic heterocycles. The molecule has 0 saturated heterocycles. The third-order valence-electron chi connectivity index (χ3n) is 7.34. The highest BCUT2D eigenvalue weighted by Gasteiger charge is 2.22. The van der Waals surface area contributed by atoms with Crippen molar-refractivity contribution in [2.24, 2.45) is 5.92 Å². The number of carbonyl (C=O) groups excluding carboxylic acids is 2. The van der Waals surface area contributed by atoms with Gasteiger partial charge >= 0.3 is 0 Å². The summed E-state index contributed by atoms with van der Waals surface area (Å²) in [6.45, 7) is 2.25. The van der Waals surface area contributed by atoms with Crippen LogP contribution in [0.25, 0.3) is 11.6 Å². The van der Waals surface area contributed by atoms with Crippen LogP contribution < -0.4 is 0 Å². The first-order valence-corrected chi connectivity index (χ1v) is 13.1. The highest BCUT2D eigenvalue weighted by atomic mass is 16.3. The maximum absolute atomic E-state index is 12.6. The van der Waals surface area contributed by atoms with Crippen molar-refractivity contribution in [3.8, 4) is 0 Å². The number of benzene rings is 2. The summed E-state index contributed by atoms with van der Waals surface area (Å²) < 4.78 is 0. The van der Waals surface area contributed by atoms with Crippen molar-refractivity contribution in [1.29, 1.82) is 0 Å². The Hall–Kier alpha value is -2.82. The summed E-state index contributed by atoms with van der Waals surface area (Å²) in [4.78, 5) is 26.4. The van der Waals surface area contributed by atoms with E-state index in [0.29, 0.717) is 18.1 Å². The molecule has 1 saturated carbocycles. The summed E-state index contributed by atoms with van der Waals surface area (Å²) in [5, 5.41) is 8.87. The first kappa shape index (κ1) is 25.3. The fourth-order valence-corrected chi connectivity index (χ4v) is 5.30.